The van der Waals surface area contributed by atoms with E-state index >= 15 is 0 Å². The van der Waals surface area contributed by atoms with Gasteiger partial charge in [0.15, 0.2) is 0 Å². The molecule has 0 bridgehead atoms. The van der Waals surface area contributed by atoms with Crippen molar-refractivity contribution in [2.75, 3.05) is 14.1 Å². The summed E-state index contributed by atoms with van der Waals surface area (Å²) >= 11 is 0. The van der Waals surface area contributed by atoms with Crippen LogP contribution in [0.15, 0.2) is 218 Å². The van der Waals surface area contributed by atoms with Crippen LogP contribution in [0.5, 0.6) is 0 Å². The number of hydrogen-bond acceptors (Lipinski definition) is 4. The van der Waals surface area contributed by atoms with Crippen LogP contribution in [-0.4, -0.2) is 33.9 Å². The molecule has 58 heavy (non-hydrogen) atoms. The first-order valence-corrected chi connectivity index (χ1v) is 20.0. The van der Waals surface area contributed by atoms with Crippen molar-refractivity contribution < 1.29 is 0 Å². The van der Waals surface area contributed by atoms with Crippen LogP contribution in [-0.2, 0) is 13.1 Å². The fourth-order valence-corrected chi connectivity index (χ4v) is 7.93. The van der Waals surface area contributed by atoms with Gasteiger partial charge < -0.3 is 0 Å². The van der Waals surface area contributed by atoms with E-state index in [9.17, 15) is 0 Å². The molecule has 0 saturated heterocycles. The van der Waals surface area contributed by atoms with Crippen molar-refractivity contribution in [1.82, 2.24) is 19.8 Å². The zero-order valence-corrected chi connectivity index (χ0v) is 33.1. The Morgan fingerprint density at radius 1 is 0.379 bits per heavy atom. The Kier molecular flexibility index (Phi) is 12.2. The van der Waals surface area contributed by atoms with Crippen LogP contribution in [0.2, 0.25) is 0 Å². The molecule has 2 aromatic heterocycles. The van der Waals surface area contributed by atoms with Crippen LogP contribution < -0.4 is 0 Å². The summed E-state index contributed by atoms with van der Waals surface area (Å²) < 4.78 is 0. The highest BCUT2D eigenvalue weighted by atomic mass is 15.1. The maximum atomic E-state index is 5.19. The highest BCUT2D eigenvalue weighted by Gasteiger charge is 2.23. The predicted molar refractivity (Wildman–Crippen MR) is 241 cm³/mol. The molecule has 4 heteroatoms. The molecule has 0 saturated carbocycles. The molecular weight excluding hydrogens is 705 g/mol. The lowest BCUT2D eigenvalue weighted by atomic mass is 9.98. The van der Waals surface area contributed by atoms with E-state index in [2.05, 4.69) is 236 Å². The smallest absolute Gasteiger partial charge is 0.0777 e. The summed E-state index contributed by atoms with van der Waals surface area (Å²) in [6.07, 6.45) is 0. The van der Waals surface area contributed by atoms with Gasteiger partial charge in [-0.15, -0.1) is 0 Å². The van der Waals surface area contributed by atoms with E-state index in [4.69, 9.17) is 9.97 Å². The molecule has 9 rings (SSSR count). The van der Waals surface area contributed by atoms with E-state index in [0.29, 0.717) is 0 Å². The quantitative estimate of drug-likeness (QED) is 0.132. The second kappa shape index (κ2) is 18.5. The molecule has 4 nitrogen and oxygen atoms in total. The average Bonchev–Trinajstić information content (AvgIpc) is 3.28. The van der Waals surface area contributed by atoms with Crippen molar-refractivity contribution in [3.8, 4) is 11.3 Å². The van der Waals surface area contributed by atoms with Crippen molar-refractivity contribution in [3.63, 3.8) is 0 Å². The number of aromatic nitrogens is 2. The van der Waals surface area contributed by atoms with Crippen LogP contribution in [0.25, 0.3) is 32.9 Å². The highest BCUT2D eigenvalue weighted by Crippen LogP contribution is 2.33. The zero-order valence-electron chi connectivity index (χ0n) is 33.1. The van der Waals surface area contributed by atoms with Crippen molar-refractivity contribution in [1.29, 1.82) is 0 Å². The maximum Gasteiger partial charge on any atom is 0.0777 e. The van der Waals surface area contributed by atoms with Crippen molar-refractivity contribution >= 4 is 21.7 Å². The van der Waals surface area contributed by atoms with E-state index in [1.165, 1.54) is 44.0 Å². The van der Waals surface area contributed by atoms with E-state index in [-0.39, 0.29) is 12.1 Å². The zero-order chi connectivity index (χ0) is 39.5. The Bertz CT molecular complexity index is 2660. The number of para-hydroxylation sites is 1. The topological polar surface area (TPSA) is 32.3 Å². The van der Waals surface area contributed by atoms with E-state index in [0.717, 1.165) is 35.7 Å². The summed E-state index contributed by atoms with van der Waals surface area (Å²) in [6, 6.07) is 76.6. The molecule has 0 N–H and O–H groups in total. The van der Waals surface area contributed by atoms with Gasteiger partial charge in [-0.05, 0) is 71.4 Å². The molecule has 2 atom stereocenters. The third kappa shape index (κ3) is 9.11. The summed E-state index contributed by atoms with van der Waals surface area (Å²) in [5, 5.41) is 3.64. The Morgan fingerprint density at radius 2 is 0.845 bits per heavy atom. The van der Waals surface area contributed by atoms with Gasteiger partial charge >= 0.3 is 0 Å². The largest absolute Gasteiger partial charge is 0.290 e. The first kappa shape index (κ1) is 38.2. The van der Waals surface area contributed by atoms with Crippen molar-refractivity contribution in [2.45, 2.75) is 25.2 Å². The fourth-order valence-electron chi connectivity index (χ4n) is 7.93. The molecule has 0 fully saturated rings. The fraction of sp³-hybridized carbons (Fsp3) is 0.111. The van der Waals surface area contributed by atoms with Crippen molar-refractivity contribution in [2.24, 2.45) is 0 Å². The first-order chi connectivity index (χ1) is 28.6. The van der Waals surface area contributed by atoms with Gasteiger partial charge in [-0.1, -0.05) is 194 Å². The summed E-state index contributed by atoms with van der Waals surface area (Å²) in [6.45, 7) is 1.72. The van der Waals surface area contributed by atoms with Crippen LogP contribution in [0, 0.1) is 0 Å². The molecule has 0 aliphatic carbocycles. The predicted octanol–water partition coefficient (Wildman–Crippen LogP) is 12.6. The van der Waals surface area contributed by atoms with Gasteiger partial charge in [0.25, 0.3) is 0 Å². The number of rotatable bonds is 11. The number of fused-ring (bicyclic) bond motifs is 2. The Balaban J connectivity index is 0.000000165. The standard InChI is InChI=1S/C30H26N2.C24H22N2/c1-32(22-23-12-4-2-5-13-23)30(25-15-6-3-7-16-25)29-21-11-20-28(31-29)27-19-10-17-24-14-8-9-18-26(24)27;1-26(18-19-10-4-2-5-11-19)24(21-13-6-3-7-14-21)23-17-16-20-12-8-9-15-22(20)25-23/h2-21,30H,22H2,1H3;2-17,24H,18H2,1H3. The Labute approximate surface area is 342 Å². The lowest BCUT2D eigenvalue weighted by Gasteiger charge is -2.28. The van der Waals surface area contributed by atoms with Gasteiger partial charge in [-0.25, -0.2) is 0 Å². The van der Waals surface area contributed by atoms with Crippen molar-refractivity contribution in [3.05, 3.63) is 252 Å². The lowest BCUT2D eigenvalue weighted by molar-refractivity contribution is 0.266. The monoisotopic (exact) mass is 752 g/mol. The third-order valence-electron chi connectivity index (χ3n) is 10.7. The van der Waals surface area contributed by atoms with Gasteiger partial charge in [0.2, 0.25) is 0 Å². The molecule has 0 spiro atoms. The summed E-state index contributed by atoms with van der Waals surface area (Å²) in [7, 11) is 4.35. The molecule has 7 aromatic carbocycles. The number of hydrogen-bond donors (Lipinski definition) is 0. The minimum atomic E-state index is 0.0614. The van der Waals surface area contributed by atoms with Gasteiger partial charge in [0.1, 0.15) is 0 Å². The van der Waals surface area contributed by atoms with E-state index < -0.39 is 0 Å². The minimum absolute atomic E-state index is 0.0614. The number of pyridine rings is 2. The second-order valence-electron chi connectivity index (χ2n) is 14.8. The molecule has 9 aromatic rings. The third-order valence-corrected chi connectivity index (χ3v) is 10.7. The number of benzene rings is 7. The van der Waals surface area contributed by atoms with Crippen LogP contribution >= 0.6 is 0 Å². The minimum Gasteiger partial charge on any atom is -0.290 e. The van der Waals surface area contributed by atoms with Gasteiger partial charge in [-0.2, -0.15) is 0 Å². The van der Waals surface area contributed by atoms with E-state index in [1.807, 2.05) is 6.07 Å². The van der Waals surface area contributed by atoms with Gasteiger partial charge in [0, 0.05) is 24.0 Å². The van der Waals surface area contributed by atoms with Crippen LogP contribution in [0.3, 0.4) is 0 Å². The van der Waals surface area contributed by atoms with Gasteiger partial charge in [0.05, 0.1) is 34.7 Å². The SMILES string of the molecule is CN(Cc1ccccc1)C(c1ccccc1)c1ccc2ccccc2n1.CN(Cc1ccccc1)C(c1ccccc1)c1cccc(-c2cccc3ccccc23)n1. The van der Waals surface area contributed by atoms with Crippen LogP contribution in [0.4, 0.5) is 0 Å². The summed E-state index contributed by atoms with van der Waals surface area (Å²) in [5.41, 5.74) is 10.4. The molecule has 0 aliphatic rings. The Hall–Kier alpha value is -6.72. The van der Waals surface area contributed by atoms with Crippen LogP contribution in [0.1, 0.15) is 45.7 Å². The first-order valence-electron chi connectivity index (χ1n) is 20.0. The van der Waals surface area contributed by atoms with E-state index in [1.54, 1.807) is 0 Å². The summed E-state index contributed by atoms with van der Waals surface area (Å²) in [5.74, 6) is 0. The normalized spacial score (nSPS) is 12.3. The maximum absolute atomic E-state index is 5.19. The molecule has 0 radical (unpaired) electrons. The molecule has 284 valence electrons. The Morgan fingerprint density at radius 3 is 1.45 bits per heavy atom. The molecule has 0 amide bonds. The molecular formula is C54H48N4. The molecule has 0 aliphatic heterocycles. The molecule has 2 unspecified atom stereocenters. The molecule has 2 heterocycles. The second-order valence-corrected chi connectivity index (χ2v) is 14.8. The lowest BCUT2D eigenvalue weighted by Crippen LogP contribution is -2.26. The number of nitrogens with zero attached hydrogens (tertiary/aromatic N) is 4. The summed E-state index contributed by atoms with van der Waals surface area (Å²) in [4.78, 5) is 14.9. The van der Waals surface area contributed by atoms with Gasteiger partial charge in [-0.3, -0.25) is 19.8 Å². The highest BCUT2D eigenvalue weighted by molar-refractivity contribution is 5.95. The average molecular weight is 753 g/mol.